The van der Waals surface area contributed by atoms with E-state index in [9.17, 15) is 9.18 Å². The van der Waals surface area contributed by atoms with E-state index in [0.717, 1.165) is 0 Å². The average Bonchev–Trinajstić information content (AvgIpc) is 2.09. The summed E-state index contributed by atoms with van der Waals surface area (Å²) in [7, 11) is 0. The van der Waals surface area contributed by atoms with Gasteiger partial charge in [-0.05, 0) is 35.0 Å². The van der Waals surface area contributed by atoms with Crippen molar-refractivity contribution >= 4 is 21.7 Å². The van der Waals surface area contributed by atoms with Gasteiger partial charge in [-0.1, -0.05) is 0 Å². The van der Waals surface area contributed by atoms with Crippen molar-refractivity contribution in [3.8, 4) is 6.07 Å². The van der Waals surface area contributed by atoms with Crippen molar-refractivity contribution in [2.45, 2.75) is 6.92 Å². The number of Topliss-reactive ketones (excluding diaryl/α,β-unsaturated/α-hetero) is 1. The van der Waals surface area contributed by atoms with Crippen LogP contribution in [0.2, 0.25) is 0 Å². The minimum absolute atomic E-state index is 0.0547. The van der Waals surface area contributed by atoms with Crippen LogP contribution in [-0.2, 0) is 0 Å². The molecule has 0 spiro atoms. The topological polar surface area (TPSA) is 40.9 Å². The van der Waals surface area contributed by atoms with Gasteiger partial charge in [0.25, 0.3) is 0 Å². The molecule has 4 heteroatoms. The van der Waals surface area contributed by atoms with Crippen LogP contribution in [0.4, 0.5) is 4.39 Å². The summed E-state index contributed by atoms with van der Waals surface area (Å²) in [4.78, 5) is 10.9. The Hall–Kier alpha value is -1.21. The van der Waals surface area contributed by atoms with Crippen molar-refractivity contribution in [2.24, 2.45) is 0 Å². The van der Waals surface area contributed by atoms with Gasteiger partial charge in [0.15, 0.2) is 11.6 Å². The van der Waals surface area contributed by atoms with E-state index in [-0.39, 0.29) is 21.4 Å². The Labute approximate surface area is 83.1 Å². The number of nitrogens with zero attached hydrogens (tertiary/aromatic N) is 1. The van der Waals surface area contributed by atoms with Crippen LogP contribution in [0.3, 0.4) is 0 Å². The monoisotopic (exact) mass is 241 g/mol. The molecule has 0 unspecified atom stereocenters. The van der Waals surface area contributed by atoms with Gasteiger partial charge >= 0.3 is 0 Å². The number of halogens is 2. The average molecular weight is 242 g/mol. The van der Waals surface area contributed by atoms with Crippen molar-refractivity contribution in [2.75, 3.05) is 0 Å². The van der Waals surface area contributed by atoms with E-state index in [2.05, 4.69) is 15.9 Å². The smallest absolute Gasteiger partial charge is 0.161 e. The number of hydrogen-bond donors (Lipinski definition) is 0. The van der Waals surface area contributed by atoms with Gasteiger partial charge in [0.2, 0.25) is 0 Å². The molecule has 2 nitrogen and oxygen atoms in total. The molecule has 0 radical (unpaired) electrons. The highest BCUT2D eigenvalue weighted by Crippen LogP contribution is 2.23. The number of ketones is 1. The zero-order chi connectivity index (χ0) is 10.0. The molecule has 13 heavy (non-hydrogen) atoms. The highest BCUT2D eigenvalue weighted by molar-refractivity contribution is 9.10. The predicted molar refractivity (Wildman–Crippen MR) is 48.8 cm³/mol. The third-order valence-corrected chi connectivity index (χ3v) is 2.36. The lowest BCUT2D eigenvalue weighted by Gasteiger charge is -2.01. The first-order chi connectivity index (χ1) is 6.07. The quantitative estimate of drug-likeness (QED) is 0.710. The minimum Gasteiger partial charge on any atom is -0.294 e. The first kappa shape index (κ1) is 9.87. The lowest BCUT2D eigenvalue weighted by Crippen LogP contribution is -1.97. The van der Waals surface area contributed by atoms with E-state index in [4.69, 9.17) is 5.26 Å². The van der Waals surface area contributed by atoms with E-state index >= 15 is 0 Å². The van der Waals surface area contributed by atoms with E-state index in [1.54, 1.807) is 6.07 Å². The second-order valence-corrected chi connectivity index (χ2v) is 3.25. The molecule has 1 aromatic carbocycles. The van der Waals surface area contributed by atoms with Gasteiger partial charge in [-0.25, -0.2) is 4.39 Å². The van der Waals surface area contributed by atoms with Gasteiger partial charge in [0, 0.05) is 5.56 Å². The second-order valence-electron chi connectivity index (χ2n) is 2.46. The van der Waals surface area contributed by atoms with Crippen LogP contribution in [0, 0.1) is 17.1 Å². The summed E-state index contributed by atoms with van der Waals surface area (Å²) in [5.41, 5.74) is 0.174. The van der Waals surface area contributed by atoms with Gasteiger partial charge in [-0.3, -0.25) is 4.79 Å². The largest absolute Gasteiger partial charge is 0.294 e. The molecule has 1 rings (SSSR count). The molecule has 0 bridgehead atoms. The van der Waals surface area contributed by atoms with Gasteiger partial charge < -0.3 is 0 Å². The van der Waals surface area contributed by atoms with E-state index in [1.165, 1.54) is 19.1 Å². The highest BCUT2D eigenvalue weighted by atomic mass is 79.9. The summed E-state index contributed by atoms with van der Waals surface area (Å²) in [6, 6.07) is 4.40. The maximum absolute atomic E-state index is 13.2. The van der Waals surface area contributed by atoms with E-state index < -0.39 is 5.82 Å². The molecule has 0 fully saturated rings. The number of nitriles is 1. The molecule has 0 aromatic heterocycles. The zero-order valence-electron chi connectivity index (χ0n) is 6.77. The Morgan fingerprint density at radius 2 is 2.23 bits per heavy atom. The Balaban J connectivity index is 3.42. The Morgan fingerprint density at radius 3 is 2.69 bits per heavy atom. The molecule has 0 saturated carbocycles. The molecule has 1 aromatic rings. The summed E-state index contributed by atoms with van der Waals surface area (Å²) >= 11 is 2.93. The molecule has 0 aliphatic carbocycles. The summed E-state index contributed by atoms with van der Waals surface area (Å²) < 4.78 is 13.3. The Morgan fingerprint density at radius 1 is 1.62 bits per heavy atom. The lowest BCUT2D eigenvalue weighted by molar-refractivity contribution is 0.101. The minimum atomic E-state index is -0.685. The van der Waals surface area contributed by atoms with Crippen LogP contribution in [-0.4, -0.2) is 5.78 Å². The van der Waals surface area contributed by atoms with Crippen molar-refractivity contribution in [1.29, 1.82) is 5.26 Å². The van der Waals surface area contributed by atoms with E-state index in [0.29, 0.717) is 0 Å². The van der Waals surface area contributed by atoms with Crippen LogP contribution >= 0.6 is 15.9 Å². The third-order valence-electron chi connectivity index (χ3n) is 1.58. The van der Waals surface area contributed by atoms with Crippen molar-refractivity contribution < 1.29 is 9.18 Å². The van der Waals surface area contributed by atoms with Crippen molar-refractivity contribution in [3.05, 3.63) is 33.5 Å². The van der Waals surface area contributed by atoms with Crippen molar-refractivity contribution in [3.63, 3.8) is 0 Å². The maximum Gasteiger partial charge on any atom is 0.161 e. The predicted octanol–water partition coefficient (Wildman–Crippen LogP) is 2.66. The number of carbonyl (C=O) groups excluding carboxylic acids is 1. The third kappa shape index (κ3) is 1.76. The Kier molecular flexibility index (Phi) is 2.79. The molecule has 0 aliphatic rings. The summed E-state index contributed by atoms with van der Waals surface area (Å²) in [6.07, 6.45) is 0. The molecular weight excluding hydrogens is 237 g/mol. The Bertz CT molecular complexity index is 409. The molecule has 0 aliphatic heterocycles. The molecule has 0 amide bonds. The van der Waals surface area contributed by atoms with Crippen LogP contribution in [0.25, 0.3) is 0 Å². The van der Waals surface area contributed by atoms with Gasteiger partial charge in [0.05, 0.1) is 10.0 Å². The SMILES string of the molecule is CC(=O)c1ccc(C#N)c(F)c1Br. The fraction of sp³-hybridized carbons (Fsp3) is 0.111. The summed E-state index contributed by atoms with van der Waals surface area (Å²) in [5, 5.41) is 8.48. The maximum atomic E-state index is 13.2. The van der Waals surface area contributed by atoms with Crippen LogP contribution in [0.1, 0.15) is 22.8 Å². The molecule has 0 N–H and O–H groups in total. The first-order valence-electron chi connectivity index (χ1n) is 3.47. The zero-order valence-corrected chi connectivity index (χ0v) is 8.35. The fourth-order valence-corrected chi connectivity index (χ4v) is 1.53. The molecule has 0 heterocycles. The number of rotatable bonds is 1. The van der Waals surface area contributed by atoms with Crippen LogP contribution in [0.15, 0.2) is 16.6 Å². The van der Waals surface area contributed by atoms with Gasteiger partial charge in [-0.15, -0.1) is 0 Å². The van der Waals surface area contributed by atoms with Crippen molar-refractivity contribution in [1.82, 2.24) is 0 Å². The number of benzene rings is 1. The van der Waals surface area contributed by atoms with E-state index in [1.807, 2.05) is 0 Å². The highest BCUT2D eigenvalue weighted by Gasteiger charge is 2.13. The first-order valence-corrected chi connectivity index (χ1v) is 4.26. The van der Waals surface area contributed by atoms with Crippen LogP contribution in [0.5, 0.6) is 0 Å². The fourth-order valence-electron chi connectivity index (χ4n) is 0.908. The summed E-state index contributed by atoms with van der Waals surface area (Å²) in [5.74, 6) is -0.925. The second kappa shape index (κ2) is 3.67. The number of carbonyl (C=O) groups is 1. The standard InChI is InChI=1S/C9H5BrFNO/c1-5(13)7-3-2-6(4-12)9(11)8(7)10/h2-3H,1H3. The number of hydrogen-bond acceptors (Lipinski definition) is 2. The van der Waals surface area contributed by atoms with Crippen LogP contribution < -0.4 is 0 Å². The summed E-state index contributed by atoms with van der Waals surface area (Å²) in [6.45, 7) is 1.34. The van der Waals surface area contributed by atoms with Gasteiger partial charge in [-0.2, -0.15) is 5.26 Å². The molecular formula is C9H5BrFNO. The lowest BCUT2D eigenvalue weighted by atomic mass is 10.1. The molecule has 0 saturated heterocycles. The normalized spacial score (nSPS) is 9.38. The van der Waals surface area contributed by atoms with Gasteiger partial charge in [0.1, 0.15) is 6.07 Å². The molecule has 66 valence electrons. The molecule has 0 atom stereocenters.